The highest BCUT2D eigenvalue weighted by Crippen LogP contribution is 2.29. The van der Waals surface area contributed by atoms with E-state index in [4.69, 9.17) is 5.11 Å². The van der Waals surface area contributed by atoms with E-state index in [-0.39, 0.29) is 12.3 Å². The van der Waals surface area contributed by atoms with E-state index < -0.39 is 5.97 Å². The molecule has 0 saturated heterocycles. The zero-order chi connectivity index (χ0) is 19.3. The van der Waals surface area contributed by atoms with Crippen molar-refractivity contribution < 1.29 is 9.90 Å². The van der Waals surface area contributed by atoms with Crippen LogP contribution in [0.5, 0.6) is 0 Å². The van der Waals surface area contributed by atoms with Crippen LogP contribution in [-0.4, -0.2) is 21.0 Å². The number of aliphatic carboxylic acids is 1. The Balaban J connectivity index is 1.83. The summed E-state index contributed by atoms with van der Waals surface area (Å²) in [6, 6.07) is 10.5. The van der Waals surface area contributed by atoms with Crippen LogP contribution in [0.1, 0.15) is 94.1 Å². The van der Waals surface area contributed by atoms with Crippen LogP contribution in [0.2, 0.25) is 0 Å². The Morgan fingerprint density at radius 2 is 1.63 bits per heavy atom. The normalized spacial score (nSPS) is 12.2. The van der Waals surface area contributed by atoms with Gasteiger partial charge >= 0.3 is 5.97 Å². The molecule has 27 heavy (non-hydrogen) atoms. The van der Waals surface area contributed by atoms with Gasteiger partial charge in [0.2, 0.25) is 0 Å². The van der Waals surface area contributed by atoms with Gasteiger partial charge in [0.1, 0.15) is 12.2 Å². The van der Waals surface area contributed by atoms with Crippen LogP contribution >= 0.6 is 0 Å². The molecule has 148 valence electrons. The lowest BCUT2D eigenvalue weighted by Gasteiger charge is -2.16. The number of nitrogens with one attached hydrogen (secondary N) is 1. The summed E-state index contributed by atoms with van der Waals surface area (Å²) in [6.07, 6.45) is 14.7. The van der Waals surface area contributed by atoms with Crippen LogP contribution < -0.4 is 0 Å². The number of carboxylic acids is 1. The summed E-state index contributed by atoms with van der Waals surface area (Å²) in [5, 5.41) is 8.96. The second kappa shape index (κ2) is 12.3. The van der Waals surface area contributed by atoms with E-state index >= 15 is 0 Å². The summed E-state index contributed by atoms with van der Waals surface area (Å²) < 4.78 is 0. The molecule has 0 saturated carbocycles. The topological polar surface area (TPSA) is 66.0 Å². The molecule has 2 N–H and O–H groups in total. The van der Waals surface area contributed by atoms with Gasteiger partial charge in [0, 0.05) is 17.8 Å². The average Bonchev–Trinajstić information content (AvgIpc) is 3.11. The second-order valence-electron chi connectivity index (χ2n) is 7.44. The van der Waals surface area contributed by atoms with Gasteiger partial charge in [-0.05, 0) is 12.0 Å². The molecule has 4 heteroatoms. The van der Waals surface area contributed by atoms with Crippen molar-refractivity contribution in [2.24, 2.45) is 0 Å². The molecule has 0 aliphatic heterocycles. The lowest BCUT2D eigenvalue weighted by molar-refractivity contribution is -0.136. The number of aromatic amines is 1. The third kappa shape index (κ3) is 7.98. The number of unbranched alkanes of at least 4 members (excludes halogenated alkanes) is 8. The first-order valence-corrected chi connectivity index (χ1v) is 10.5. The molecule has 2 aromatic rings. The van der Waals surface area contributed by atoms with Crippen LogP contribution in [-0.2, 0) is 11.2 Å². The van der Waals surface area contributed by atoms with Crippen molar-refractivity contribution >= 4 is 5.97 Å². The van der Waals surface area contributed by atoms with E-state index in [1.54, 1.807) is 0 Å². The van der Waals surface area contributed by atoms with E-state index in [0.29, 0.717) is 5.82 Å². The number of carboxylic acid groups (broad SMARTS) is 1. The van der Waals surface area contributed by atoms with Crippen molar-refractivity contribution in [3.05, 3.63) is 53.6 Å². The smallest absolute Gasteiger partial charge is 0.311 e. The van der Waals surface area contributed by atoms with Gasteiger partial charge < -0.3 is 10.1 Å². The zero-order valence-corrected chi connectivity index (χ0v) is 16.6. The molecular weight excluding hydrogens is 336 g/mol. The van der Waals surface area contributed by atoms with Gasteiger partial charge in [0.05, 0.1) is 0 Å². The first-order chi connectivity index (χ1) is 13.2. The Kier molecular flexibility index (Phi) is 9.67. The third-order valence-corrected chi connectivity index (χ3v) is 5.14. The zero-order valence-electron chi connectivity index (χ0n) is 16.6. The third-order valence-electron chi connectivity index (χ3n) is 5.14. The van der Waals surface area contributed by atoms with Crippen molar-refractivity contribution in [1.82, 2.24) is 9.97 Å². The highest BCUT2D eigenvalue weighted by Gasteiger charge is 2.17. The fourth-order valence-corrected chi connectivity index (χ4v) is 3.63. The molecule has 2 rings (SSSR count). The fraction of sp³-hybridized carbons (Fsp3) is 0.565. The van der Waals surface area contributed by atoms with Gasteiger partial charge in [0.25, 0.3) is 0 Å². The number of H-pyrrole nitrogens is 1. The summed E-state index contributed by atoms with van der Waals surface area (Å²) >= 11 is 0. The van der Waals surface area contributed by atoms with E-state index in [2.05, 4.69) is 41.2 Å². The SMILES string of the molecule is CCCCCCCCCCCC(c1ccccc1)c1cnc(CC(=O)O)[nH]1. The van der Waals surface area contributed by atoms with Gasteiger partial charge in [0.15, 0.2) is 0 Å². The summed E-state index contributed by atoms with van der Waals surface area (Å²) in [7, 11) is 0. The first-order valence-electron chi connectivity index (χ1n) is 10.5. The van der Waals surface area contributed by atoms with Gasteiger partial charge in [-0.15, -0.1) is 0 Å². The molecule has 0 spiro atoms. The molecule has 0 radical (unpaired) electrons. The minimum atomic E-state index is -0.855. The van der Waals surface area contributed by atoms with Gasteiger partial charge in [-0.1, -0.05) is 95.0 Å². The minimum Gasteiger partial charge on any atom is -0.481 e. The number of nitrogens with zero attached hydrogens (tertiary/aromatic N) is 1. The largest absolute Gasteiger partial charge is 0.481 e. The maximum absolute atomic E-state index is 10.9. The second-order valence-corrected chi connectivity index (χ2v) is 7.44. The highest BCUT2D eigenvalue weighted by atomic mass is 16.4. The molecule has 1 aromatic heterocycles. The molecule has 1 aromatic carbocycles. The molecule has 0 bridgehead atoms. The molecule has 1 unspecified atom stereocenters. The first kappa shape index (κ1) is 21.2. The number of carbonyl (C=O) groups is 1. The maximum Gasteiger partial charge on any atom is 0.311 e. The molecule has 0 amide bonds. The van der Waals surface area contributed by atoms with E-state index in [1.165, 1.54) is 63.4 Å². The Morgan fingerprint density at radius 1 is 1.00 bits per heavy atom. The summed E-state index contributed by atoms with van der Waals surface area (Å²) in [5.41, 5.74) is 2.29. The van der Waals surface area contributed by atoms with Crippen LogP contribution in [0, 0.1) is 0 Å². The van der Waals surface area contributed by atoms with Crippen molar-refractivity contribution in [3.8, 4) is 0 Å². The summed E-state index contributed by atoms with van der Waals surface area (Å²) in [5.74, 6) is -0.0672. The Morgan fingerprint density at radius 3 is 2.26 bits per heavy atom. The summed E-state index contributed by atoms with van der Waals surface area (Å²) in [4.78, 5) is 18.4. The molecule has 0 aliphatic rings. The average molecular weight is 371 g/mol. The quantitative estimate of drug-likeness (QED) is 0.395. The van der Waals surface area contributed by atoms with Gasteiger partial charge in [-0.3, -0.25) is 4.79 Å². The lowest BCUT2D eigenvalue weighted by atomic mass is 9.90. The van der Waals surface area contributed by atoms with E-state index in [9.17, 15) is 4.79 Å². The molecule has 1 heterocycles. The van der Waals surface area contributed by atoms with Crippen LogP contribution in [0.25, 0.3) is 0 Å². The van der Waals surface area contributed by atoms with Crippen molar-refractivity contribution in [2.75, 3.05) is 0 Å². The monoisotopic (exact) mass is 370 g/mol. The van der Waals surface area contributed by atoms with Crippen molar-refractivity contribution in [2.45, 2.75) is 83.5 Å². The minimum absolute atomic E-state index is 0.0560. The number of imidazole rings is 1. The maximum atomic E-state index is 10.9. The lowest BCUT2D eigenvalue weighted by Crippen LogP contribution is -2.04. The van der Waals surface area contributed by atoms with Crippen LogP contribution in [0.15, 0.2) is 36.5 Å². The van der Waals surface area contributed by atoms with Crippen molar-refractivity contribution in [1.29, 1.82) is 0 Å². The molecule has 1 atom stereocenters. The fourth-order valence-electron chi connectivity index (χ4n) is 3.63. The van der Waals surface area contributed by atoms with Crippen molar-refractivity contribution in [3.63, 3.8) is 0 Å². The Hall–Kier alpha value is -2.10. The Bertz CT molecular complexity index is 651. The molecule has 0 aliphatic carbocycles. The predicted molar refractivity (Wildman–Crippen MR) is 110 cm³/mol. The standard InChI is InChI=1S/C23H34N2O2/c1-2-3-4-5-6-7-8-9-13-16-20(19-14-11-10-12-15-19)21-18-24-22(25-21)17-23(26)27/h10-12,14-15,18,20H,2-9,13,16-17H2,1H3,(H,24,25)(H,26,27). The number of benzene rings is 1. The number of aromatic nitrogens is 2. The molecule has 0 fully saturated rings. The predicted octanol–water partition coefficient (Wildman–Crippen LogP) is 6.09. The van der Waals surface area contributed by atoms with Gasteiger partial charge in [-0.2, -0.15) is 0 Å². The van der Waals surface area contributed by atoms with Crippen LogP contribution in [0.3, 0.4) is 0 Å². The number of hydrogen-bond donors (Lipinski definition) is 2. The molecular formula is C23H34N2O2. The van der Waals surface area contributed by atoms with Crippen LogP contribution in [0.4, 0.5) is 0 Å². The number of hydrogen-bond acceptors (Lipinski definition) is 2. The summed E-state index contributed by atoms with van der Waals surface area (Å²) in [6.45, 7) is 2.26. The van der Waals surface area contributed by atoms with Gasteiger partial charge in [-0.25, -0.2) is 4.98 Å². The van der Waals surface area contributed by atoms with E-state index in [0.717, 1.165) is 12.1 Å². The highest BCUT2D eigenvalue weighted by molar-refractivity contribution is 5.69. The Labute approximate surface area is 163 Å². The van der Waals surface area contributed by atoms with E-state index in [1.807, 2.05) is 12.3 Å². The molecule has 4 nitrogen and oxygen atoms in total. The number of rotatable bonds is 14.